The van der Waals surface area contributed by atoms with E-state index in [0.29, 0.717) is 37.0 Å². The third kappa shape index (κ3) is 6.21. The summed E-state index contributed by atoms with van der Waals surface area (Å²) in [5.74, 6) is -0.408. The van der Waals surface area contributed by atoms with Crippen LogP contribution in [0, 0.1) is 17.7 Å². The molecule has 0 saturated carbocycles. The van der Waals surface area contributed by atoms with E-state index < -0.39 is 5.97 Å². The Morgan fingerprint density at radius 3 is 2.64 bits per heavy atom. The number of ether oxygens (including phenoxy) is 2. The molecule has 3 atom stereocenters. The number of halogens is 1. The van der Waals surface area contributed by atoms with E-state index >= 15 is 0 Å². The van der Waals surface area contributed by atoms with Gasteiger partial charge in [-0.2, -0.15) is 0 Å². The number of nitrogens with one attached hydrogen (secondary N) is 1. The normalized spacial score (nSPS) is 21.2. The van der Waals surface area contributed by atoms with Crippen LogP contribution in [0.2, 0.25) is 0 Å². The zero-order chi connectivity index (χ0) is 24.0. The van der Waals surface area contributed by atoms with Gasteiger partial charge in [-0.25, -0.2) is 4.39 Å². The molecular weight excluding hydrogens is 431 g/mol. The number of fused-ring (bicyclic) bond motifs is 1. The number of benzene rings is 2. The first-order valence-electron chi connectivity index (χ1n) is 10.7. The molecule has 0 unspecified atom stereocenters. The maximum atomic E-state index is 13.9. The number of aliphatic carboxylic acids is 1. The summed E-state index contributed by atoms with van der Waals surface area (Å²) in [7, 11) is 1.58. The summed E-state index contributed by atoms with van der Waals surface area (Å²) in [6, 6.07) is 10.8. The molecule has 2 aromatic carbocycles. The number of aromatic hydroxyl groups is 1. The van der Waals surface area contributed by atoms with E-state index in [2.05, 4.69) is 5.32 Å². The highest BCUT2D eigenvalue weighted by molar-refractivity contribution is 5.95. The van der Waals surface area contributed by atoms with E-state index in [9.17, 15) is 14.3 Å². The summed E-state index contributed by atoms with van der Waals surface area (Å²) in [4.78, 5) is 24.2. The minimum atomic E-state index is -0.833. The van der Waals surface area contributed by atoms with Crippen molar-refractivity contribution in [3.8, 4) is 11.5 Å². The molecule has 178 valence electrons. The Labute approximate surface area is 191 Å². The molecule has 9 heteroatoms. The highest BCUT2D eigenvalue weighted by atomic mass is 19.1. The van der Waals surface area contributed by atoms with Gasteiger partial charge in [0.25, 0.3) is 11.9 Å². The Morgan fingerprint density at radius 1 is 1.18 bits per heavy atom. The lowest BCUT2D eigenvalue weighted by atomic mass is 9.89. The Hall–Kier alpha value is -3.17. The zero-order valence-electron chi connectivity index (χ0n) is 18.7. The highest BCUT2D eigenvalue weighted by Crippen LogP contribution is 2.43. The summed E-state index contributed by atoms with van der Waals surface area (Å²) >= 11 is 0. The molecule has 8 nitrogen and oxygen atoms in total. The maximum absolute atomic E-state index is 13.9. The largest absolute Gasteiger partial charge is 0.508 e. The fraction of sp³-hybridized carbons (Fsp3) is 0.417. The van der Waals surface area contributed by atoms with Crippen molar-refractivity contribution in [2.75, 3.05) is 40.0 Å². The van der Waals surface area contributed by atoms with Crippen LogP contribution >= 0.6 is 0 Å². The molecule has 0 aliphatic carbocycles. The van der Waals surface area contributed by atoms with Crippen LogP contribution in [0.5, 0.6) is 11.5 Å². The number of carbonyl (C=O) groups is 2. The lowest BCUT2D eigenvalue weighted by molar-refractivity contribution is -0.134. The lowest BCUT2D eigenvalue weighted by Gasteiger charge is -2.28. The summed E-state index contributed by atoms with van der Waals surface area (Å²) in [5, 5.41) is 20.9. The second-order valence-corrected chi connectivity index (χ2v) is 8.12. The van der Waals surface area contributed by atoms with Gasteiger partial charge in [-0.3, -0.25) is 9.59 Å². The van der Waals surface area contributed by atoms with Gasteiger partial charge in [-0.15, -0.1) is 0 Å². The first-order chi connectivity index (χ1) is 15.8. The highest BCUT2D eigenvalue weighted by Gasteiger charge is 2.47. The van der Waals surface area contributed by atoms with Crippen molar-refractivity contribution in [2.24, 2.45) is 11.8 Å². The number of methoxy groups -OCH3 is 1. The van der Waals surface area contributed by atoms with Gasteiger partial charge >= 0.3 is 0 Å². The Bertz CT molecular complexity index is 981. The van der Waals surface area contributed by atoms with Crippen LogP contribution in [0.1, 0.15) is 28.9 Å². The molecule has 4 rings (SSSR count). The molecule has 0 aromatic heterocycles. The number of amides is 1. The smallest absolute Gasteiger partial charge is 0.300 e. The number of likely N-dealkylation sites (tertiary alicyclic amines) is 1. The molecule has 2 heterocycles. The number of carboxylic acids is 1. The number of nitrogens with zero attached hydrogens (tertiary/aromatic N) is 1. The molecule has 0 spiro atoms. The summed E-state index contributed by atoms with van der Waals surface area (Å²) in [6.07, 6.45) is 0. The van der Waals surface area contributed by atoms with E-state index in [1.54, 1.807) is 24.1 Å². The third-order valence-electron chi connectivity index (χ3n) is 5.71. The van der Waals surface area contributed by atoms with Crippen LogP contribution in [0.15, 0.2) is 42.5 Å². The van der Waals surface area contributed by atoms with Crippen LogP contribution < -0.4 is 10.1 Å². The molecule has 2 fully saturated rings. The zero-order valence-corrected chi connectivity index (χ0v) is 18.7. The van der Waals surface area contributed by atoms with Crippen LogP contribution in [0.4, 0.5) is 4.39 Å². The van der Waals surface area contributed by atoms with E-state index in [0.717, 1.165) is 25.6 Å². The van der Waals surface area contributed by atoms with Crippen molar-refractivity contribution in [1.29, 1.82) is 0 Å². The van der Waals surface area contributed by atoms with Crippen molar-refractivity contribution in [1.82, 2.24) is 10.2 Å². The van der Waals surface area contributed by atoms with Gasteiger partial charge in [0.1, 0.15) is 23.9 Å². The van der Waals surface area contributed by atoms with E-state index in [1.807, 2.05) is 6.07 Å². The van der Waals surface area contributed by atoms with E-state index in [-0.39, 0.29) is 29.4 Å². The first-order valence-corrected chi connectivity index (χ1v) is 10.7. The van der Waals surface area contributed by atoms with Gasteiger partial charge in [0.2, 0.25) is 0 Å². The van der Waals surface area contributed by atoms with Crippen molar-refractivity contribution >= 4 is 11.9 Å². The van der Waals surface area contributed by atoms with Crippen molar-refractivity contribution in [3.05, 3.63) is 59.4 Å². The van der Waals surface area contributed by atoms with Crippen LogP contribution in [0.25, 0.3) is 0 Å². The number of hydrogen-bond acceptors (Lipinski definition) is 6. The molecule has 1 amide bonds. The number of carbonyl (C=O) groups excluding carboxylic acids is 1. The molecule has 0 bridgehead atoms. The Kier molecular flexibility index (Phi) is 8.24. The number of rotatable bonds is 6. The Morgan fingerprint density at radius 2 is 1.94 bits per heavy atom. The predicted octanol–water partition coefficient (Wildman–Crippen LogP) is 2.68. The summed E-state index contributed by atoms with van der Waals surface area (Å²) in [6.45, 7) is 4.03. The second kappa shape index (κ2) is 11.1. The first kappa shape index (κ1) is 24.5. The average Bonchev–Trinajstić information content (AvgIpc) is 3.34. The fourth-order valence-electron chi connectivity index (χ4n) is 4.45. The van der Waals surface area contributed by atoms with Gasteiger partial charge in [0.05, 0.1) is 12.6 Å². The lowest BCUT2D eigenvalue weighted by Crippen LogP contribution is -2.34. The predicted molar refractivity (Wildman–Crippen MR) is 119 cm³/mol. The summed E-state index contributed by atoms with van der Waals surface area (Å²) < 4.78 is 24.4. The SMILES string of the molecule is CC(=O)O.COCCOc1cc(O)cc(C(=O)N2C[C@@H]3CNC[C@@H]3[C@H]2c2cccc(F)c2)c1. The van der Waals surface area contributed by atoms with Crippen LogP contribution in [-0.4, -0.2) is 66.9 Å². The molecule has 2 aliphatic rings. The molecule has 3 N–H and O–H groups in total. The van der Waals surface area contributed by atoms with Gasteiger partial charge in [-0.1, -0.05) is 12.1 Å². The third-order valence-corrected chi connectivity index (χ3v) is 5.71. The summed E-state index contributed by atoms with van der Waals surface area (Å²) in [5.41, 5.74) is 1.15. The quantitative estimate of drug-likeness (QED) is 0.569. The minimum absolute atomic E-state index is 0.0355. The van der Waals surface area contributed by atoms with Crippen LogP contribution in [0.3, 0.4) is 0 Å². The number of phenols is 1. The molecule has 0 radical (unpaired) electrons. The maximum Gasteiger partial charge on any atom is 0.300 e. The van der Waals surface area contributed by atoms with Gasteiger partial charge < -0.3 is 29.9 Å². The standard InChI is InChI=1S/C22H25FN2O4.C2H4O2/c1-28-5-6-29-19-9-15(8-18(26)10-19)22(27)25-13-16-11-24-12-20(16)21(25)14-3-2-4-17(23)7-14;1-2(3)4/h2-4,7-10,16,20-21,24,26H,5-6,11-13H2,1H3;1H3,(H,3,4)/t16-,20-,21+;/m0./s1. The molecular formula is C24H29FN2O6. The average molecular weight is 461 g/mol. The van der Waals surface area contributed by atoms with E-state index in [1.165, 1.54) is 24.3 Å². The Balaban J connectivity index is 0.000000709. The van der Waals surface area contributed by atoms with Crippen LogP contribution in [-0.2, 0) is 9.53 Å². The van der Waals surface area contributed by atoms with Gasteiger partial charge in [-0.05, 0) is 35.7 Å². The number of carboxylic acid groups (broad SMARTS) is 1. The molecule has 2 aromatic rings. The topological polar surface area (TPSA) is 108 Å². The molecule has 2 saturated heterocycles. The van der Waals surface area contributed by atoms with Crippen molar-refractivity contribution in [2.45, 2.75) is 13.0 Å². The van der Waals surface area contributed by atoms with Crippen molar-refractivity contribution in [3.63, 3.8) is 0 Å². The van der Waals surface area contributed by atoms with Crippen molar-refractivity contribution < 1.29 is 33.7 Å². The van der Waals surface area contributed by atoms with Gasteiger partial charge in [0, 0.05) is 51.2 Å². The molecule has 33 heavy (non-hydrogen) atoms. The molecule has 2 aliphatic heterocycles. The number of phenolic OH excluding ortho intramolecular Hbond substituents is 1. The minimum Gasteiger partial charge on any atom is -0.508 e. The second-order valence-electron chi connectivity index (χ2n) is 8.12. The number of hydrogen-bond donors (Lipinski definition) is 3. The van der Waals surface area contributed by atoms with E-state index in [4.69, 9.17) is 19.4 Å². The fourth-order valence-corrected chi connectivity index (χ4v) is 4.45. The monoisotopic (exact) mass is 460 g/mol. The van der Waals surface area contributed by atoms with Gasteiger partial charge in [0.15, 0.2) is 0 Å².